The van der Waals surface area contributed by atoms with Gasteiger partial charge in [0.15, 0.2) is 0 Å². The Balaban J connectivity index is 1.86. The van der Waals surface area contributed by atoms with Gasteiger partial charge in [0.25, 0.3) is 5.69 Å². The maximum absolute atomic E-state index is 12.7. The highest BCUT2D eigenvalue weighted by atomic mass is 16.6. The first-order valence-electron chi connectivity index (χ1n) is 9.77. The summed E-state index contributed by atoms with van der Waals surface area (Å²) in [5.41, 5.74) is 0.899. The average molecular weight is 426 g/mol. The molecule has 1 aliphatic heterocycles. The van der Waals surface area contributed by atoms with Crippen LogP contribution in [-0.4, -0.2) is 52.3 Å². The van der Waals surface area contributed by atoms with Crippen LogP contribution in [0.4, 0.5) is 11.4 Å². The smallest absolute Gasteiger partial charge is 0.308 e. The van der Waals surface area contributed by atoms with E-state index in [1.54, 1.807) is 37.5 Å². The molecule has 1 aromatic heterocycles. The van der Waals surface area contributed by atoms with Crippen molar-refractivity contribution in [3.63, 3.8) is 0 Å². The molecule has 1 saturated heterocycles. The number of carbonyl (C=O) groups excluding carboxylic acids is 3. The Morgan fingerprint density at radius 2 is 2.23 bits per heavy atom. The highest BCUT2D eigenvalue weighted by Crippen LogP contribution is 2.32. The molecule has 0 aliphatic carbocycles. The van der Waals surface area contributed by atoms with E-state index in [0.717, 1.165) is 0 Å². The summed E-state index contributed by atoms with van der Waals surface area (Å²) in [4.78, 5) is 54.4. The highest BCUT2D eigenvalue weighted by molar-refractivity contribution is 5.96. The zero-order chi connectivity index (χ0) is 22.4. The number of nitro benzene ring substituents is 1. The van der Waals surface area contributed by atoms with Crippen LogP contribution in [0.3, 0.4) is 0 Å². The molecule has 0 radical (unpaired) electrons. The van der Waals surface area contributed by atoms with Gasteiger partial charge in [-0.05, 0) is 24.6 Å². The van der Waals surface area contributed by atoms with Crippen LogP contribution < -0.4 is 4.90 Å². The second kappa shape index (κ2) is 9.79. The molecule has 1 aromatic carbocycles. The zero-order valence-corrected chi connectivity index (χ0v) is 16.9. The van der Waals surface area contributed by atoms with Crippen molar-refractivity contribution in [2.45, 2.75) is 31.8 Å². The predicted molar refractivity (Wildman–Crippen MR) is 110 cm³/mol. The van der Waals surface area contributed by atoms with Crippen molar-refractivity contribution in [2.75, 3.05) is 18.1 Å². The quantitative estimate of drug-likeness (QED) is 0.261. The monoisotopic (exact) mass is 426 g/mol. The van der Waals surface area contributed by atoms with Crippen molar-refractivity contribution in [2.24, 2.45) is 0 Å². The normalized spacial score (nSPS) is 16.6. The SMILES string of the molecule is CCOC(=O)CC(c1cccnc1)N(C=O)C1CC(=O)N(c2cccc([N+](=O)[O-])c2)C1. The number of non-ortho nitro benzene ring substituents is 1. The standard InChI is InChI=1S/C21H22N4O6/c1-2-31-21(28)11-19(15-5-4-8-22-12-15)24(14-26)18-10-20(27)23(13-18)16-6-3-7-17(9-16)25(29)30/h3-9,12,14,18-19H,2,10-11,13H2,1H3. The zero-order valence-electron chi connectivity index (χ0n) is 16.9. The first kappa shape index (κ1) is 21.9. The summed E-state index contributed by atoms with van der Waals surface area (Å²) in [6.45, 7) is 2.06. The summed E-state index contributed by atoms with van der Waals surface area (Å²) >= 11 is 0. The molecule has 10 heteroatoms. The van der Waals surface area contributed by atoms with Crippen molar-refractivity contribution >= 4 is 29.7 Å². The Hall–Kier alpha value is -3.82. The van der Waals surface area contributed by atoms with Crippen LogP contribution in [0, 0.1) is 10.1 Å². The van der Waals surface area contributed by atoms with Crippen molar-refractivity contribution < 1.29 is 24.0 Å². The number of nitro groups is 1. The van der Waals surface area contributed by atoms with E-state index in [2.05, 4.69) is 4.98 Å². The number of rotatable bonds is 9. The predicted octanol–water partition coefficient (Wildman–Crippen LogP) is 2.25. The summed E-state index contributed by atoms with van der Waals surface area (Å²) in [5.74, 6) is -0.735. The van der Waals surface area contributed by atoms with Crippen molar-refractivity contribution in [1.29, 1.82) is 0 Å². The van der Waals surface area contributed by atoms with Crippen LogP contribution in [0.15, 0.2) is 48.8 Å². The lowest BCUT2D eigenvalue weighted by atomic mass is 10.0. The largest absolute Gasteiger partial charge is 0.466 e. The van der Waals surface area contributed by atoms with Crippen LogP contribution in [0.5, 0.6) is 0 Å². The van der Waals surface area contributed by atoms with Gasteiger partial charge in [0.2, 0.25) is 12.3 Å². The number of anilines is 1. The van der Waals surface area contributed by atoms with Gasteiger partial charge in [-0.25, -0.2) is 0 Å². The highest BCUT2D eigenvalue weighted by Gasteiger charge is 2.38. The molecule has 1 aliphatic rings. The molecular weight excluding hydrogens is 404 g/mol. The Morgan fingerprint density at radius 3 is 2.87 bits per heavy atom. The Morgan fingerprint density at radius 1 is 1.42 bits per heavy atom. The summed E-state index contributed by atoms with van der Waals surface area (Å²) < 4.78 is 5.06. The lowest BCUT2D eigenvalue weighted by Gasteiger charge is -2.32. The maximum atomic E-state index is 12.7. The van der Waals surface area contributed by atoms with Gasteiger partial charge in [0, 0.05) is 37.5 Å². The molecule has 2 unspecified atom stereocenters. The lowest BCUT2D eigenvalue weighted by Crippen LogP contribution is -2.40. The summed E-state index contributed by atoms with van der Waals surface area (Å²) in [6, 6.07) is 8.05. The number of ether oxygens (including phenoxy) is 1. The van der Waals surface area contributed by atoms with Crippen LogP contribution in [0.2, 0.25) is 0 Å². The fourth-order valence-electron chi connectivity index (χ4n) is 3.67. The van der Waals surface area contributed by atoms with Gasteiger partial charge in [-0.1, -0.05) is 12.1 Å². The van der Waals surface area contributed by atoms with E-state index in [1.807, 2.05) is 0 Å². The van der Waals surface area contributed by atoms with Crippen LogP contribution in [-0.2, 0) is 19.1 Å². The van der Waals surface area contributed by atoms with E-state index in [9.17, 15) is 24.5 Å². The fraction of sp³-hybridized carbons (Fsp3) is 0.333. The van der Waals surface area contributed by atoms with Gasteiger partial charge < -0.3 is 14.5 Å². The Labute approximate surface area is 178 Å². The van der Waals surface area contributed by atoms with E-state index in [1.165, 1.54) is 28.0 Å². The third-order valence-electron chi connectivity index (χ3n) is 5.09. The number of hydrogen-bond donors (Lipinski definition) is 0. The van der Waals surface area contributed by atoms with Gasteiger partial charge >= 0.3 is 5.97 Å². The number of nitrogens with zero attached hydrogens (tertiary/aromatic N) is 4. The first-order chi connectivity index (χ1) is 14.9. The second-order valence-electron chi connectivity index (χ2n) is 7.00. The first-order valence-corrected chi connectivity index (χ1v) is 9.77. The summed E-state index contributed by atoms with van der Waals surface area (Å²) in [7, 11) is 0. The van der Waals surface area contributed by atoms with Gasteiger partial charge in [-0.2, -0.15) is 0 Å². The molecule has 0 N–H and O–H groups in total. The average Bonchev–Trinajstić information content (AvgIpc) is 3.15. The molecule has 2 amide bonds. The summed E-state index contributed by atoms with van der Waals surface area (Å²) in [6.07, 6.45) is 3.71. The number of esters is 1. The van der Waals surface area contributed by atoms with E-state index < -0.39 is 23.0 Å². The Kier molecular flexibility index (Phi) is 6.91. The van der Waals surface area contributed by atoms with Crippen molar-refractivity contribution in [3.05, 3.63) is 64.5 Å². The molecule has 2 atom stereocenters. The van der Waals surface area contributed by atoms with Crippen LogP contribution >= 0.6 is 0 Å². The van der Waals surface area contributed by atoms with Crippen LogP contribution in [0.1, 0.15) is 31.4 Å². The number of aromatic nitrogens is 1. The summed E-state index contributed by atoms with van der Waals surface area (Å²) in [5, 5.41) is 11.1. The molecule has 10 nitrogen and oxygen atoms in total. The van der Waals surface area contributed by atoms with Crippen molar-refractivity contribution in [3.8, 4) is 0 Å². The molecule has 1 fully saturated rings. The Bertz CT molecular complexity index is 967. The van der Waals surface area contributed by atoms with Gasteiger partial charge in [-0.3, -0.25) is 29.5 Å². The molecule has 2 aromatic rings. The molecule has 3 rings (SSSR count). The molecule has 0 bridgehead atoms. The third kappa shape index (κ3) is 5.03. The molecule has 31 heavy (non-hydrogen) atoms. The van der Waals surface area contributed by atoms with Crippen molar-refractivity contribution in [1.82, 2.24) is 9.88 Å². The lowest BCUT2D eigenvalue weighted by molar-refractivity contribution is -0.384. The number of carbonyl (C=O) groups is 3. The molecule has 0 saturated carbocycles. The van der Waals surface area contributed by atoms with E-state index in [-0.39, 0.29) is 37.6 Å². The van der Waals surface area contributed by atoms with Crippen LogP contribution in [0.25, 0.3) is 0 Å². The fourth-order valence-corrected chi connectivity index (χ4v) is 3.67. The molecule has 162 valence electrons. The minimum atomic E-state index is -0.659. The van der Waals surface area contributed by atoms with E-state index in [4.69, 9.17) is 4.74 Å². The minimum Gasteiger partial charge on any atom is -0.466 e. The number of amides is 2. The number of pyridine rings is 1. The van der Waals surface area contributed by atoms with E-state index >= 15 is 0 Å². The molecule has 2 heterocycles. The molecular formula is C21H22N4O6. The number of benzene rings is 1. The van der Waals surface area contributed by atoms with E-state index in [0.29, 0.717) is 17.7 Å². The topological polar surface area (TPSA) is 123 Å². The van der Waals surface area contributed by atoms with Gasteiger partial charge in [0.05, 0.1) is 35.7 Å². The third-order valence-corrected chi connectivity index (χ3v) is 5.09. The molecule has 0 spiro atoms. The van der Waals surface area contributed by atoms with Gasteiger partial charge in [0.1, 0.15) is 0 Å². The number of hydrogen-bond acceptors (Lipinski definition) is 7. The minimum absolute atomic E-state index is 0.0288. The van der Waals surface area contributed by atoms with Gasteiger partial charge in [-0.15, -0.1) is 0 Å². The second-order valence-corrected chi connectivity index (χ2v) is 7.00. The maximum Gasteiger partial charge on any atom is 0.308 e.